The molecule has 1 saturated heterocycles. The fraction of sp³-hybridized carbons (Fsp3) is 0.625. The lowest BCUT2D eigenvalue weighted by Gasteiger charge is -2.47. The van der Waals surface area contributed by atoms with Gasteiger partial charge in [-0.05, 0) is 37.7 Å². The molecule has 1 spiro atoms. The highest BCUT2D eigenvalue weighted by atomic mass is 16.5. The number of aliphatic hydroxyl groups is 1. The highest BCUT2D eigenvalue weighted by Gasteiger charge is 2.42. The van der Waals surface area contributed by atoms with E-state index in [0.29, 0.717) is 6.04 Å². The molecule has 3 rings (SSSR count). The minimum absolute atomic E-state index is 0.0430. The van der Waals surface area contributed by atoms with Crippen LogP contribution in [0.5, 0.6) is 0 Å². The predicted molar refractivity (Wildman–Crippen MR) is 75.0 cm³/mol. The van der Waals surface area contributed by atoms with Gasteiger partial charge in [0.1, 0.15) is 0 Å². The molecule has 3 heteroatoms. The molecule has 2 unspecified atom stereocenters. The van der Waals surface area contributed by atoms with Gasteiger partial charge in [-0.3, -0.25) is 0 Å². The van der Waals surface area contributed by atoms with Crippen molar-refractivity contribution in [3.63, 3.8) is 0 Å². The first-order chi connectivity index (χ1) is 9.31. The lowest BCUT2D eigenvalue weighted by Crippen LogP contribution is -2.51. The molecule has 2 aliphatic rings. The Bertz CT molecular complexity index is 402. The minimum Gasteiger partial charge on any atom is -0.394 e. The summed E-state index contributed by atoms with van der Waals surface area (Å²) in [5, 5.41) is 13.2. The van der Waals surface area contributed by atoms with E-state index in [-0.39, 0.29) is 18.2 Å². The van der Waals surface area contributed by atoms with E-state index in [1.54, 1.807) is 0 Å². The Balaban J connectivity index is 1.63. The number of aliphatic hydroxyl groups excluding tert-OH is 1. The molecule has 1 saturated carbocycles. The molecule has 2 N–H and O–H groups in total. The van der Waals surface area contributed by atoms with Gasteiger partial charge in [0.25, 0.3) is 0 Å². The summed E-state index contributed by atoms with van der Waals surface area (Å²) >= 11 is 0. The van der Waals surface area contributed by atoms with Crippen LogP contribution in [0, 0.1) is 0 Å². The Labute approximate surface area is 115 Å². The molecule has 2 fully saturated rings. The lowest BCUT2D eigenvalue weighted by atomic mass is 9.74. The van der Waals surface area contributed by atoms with Gasteiger partial charge in [0.2, 0.25) is 0 Å². The first kappa shape index (κ1) is 13.1. The van der Waals surface area contributed by atoms with E-state index >= 15 is 0 Å². The van der Waals surface area contributed by atoms with Crippen molar-refractivity contribution in [1.82, 2.24) is 5.32 Å². The SMILES string of the molecule is OCC(NC1CCOC2(CCC2)C1)c1ccccc1. The Morgan fingerprint density at radius 1 is 1.32 bits per heavy atom. The quantitative estimate of drug-likeness (QED) is 0.874. The number of rotatable bonds is 4. The van der Waals surface area contributed by atoms with Crippen LogP contribution < -0.4 is 5.32 Å². The lowest BCUT2D eigenvalue weighted by molar-refractivity contribution is -0.136. The molecule has 0 amide bonds. The van der Waals surface area contributed by atoms with Gasteiger partial charge < -0.3 is 15.2 Å². The molecule has 3 nitrogen and oxygen atoms in total. The summed E-state index contributed by atoms with van der Waals surface area (Å²) in [6.07, 6.45) is 5.86. The molecule has 1 aromatic rings. The summed E-state index contributed by atoms with van der Waals surface area (Å²) in [6.45, 7) is 0.999. The van der Waals surface area contributed by atoms with Crippen molar-refractivity contribution in [2.24, 2.45) is 0 Å². The summed E-state index contributed by atoms with van der Waals surface area (Å²) in [5.41, 5.74) is 1.33. The Hall–Kier alpha value is -0.900. The van der Waals surface area contributed by atoms with Crippen molar-refractivity contribution >= 4 is 0 Å². The third-order valence-corrected chi connectivity index (χ3v) is 4.58. The van der Waals surface area contributed by atoms with Crippen molar-refractivity contribution in [2.75, 3.05) is 13.2 Å². The molecule has 2 atom stereocenters. The normalized spacial score (nSPS) is 26.9. The van der Waals surface area contributed by atoms with Crippen molar-refractivity contribution in [1.29, 1.82) is 0 Å². The van der Waals surface area contributed by atoms with Crippen LogP contribution in [0.25, 0.3) is 0 Å². The van der Waals surface area contributed by atoms with Crippen molar-refractivity contribution in [3.05, 3.63) is 35.9 Å². The molecule has 0 radical (unpaired) electrons. The first-order valence-electron chi connectivity index (χ1n) is 7.37. The highest BCUT2D eigenvalue weighted by molar-refractivity contribution is 5.19. The topological polar surface area (TPSA) is 41.5 Å². The molecule has 1 aliphatic carbocycles. The predicted octanol–water partition coefficient (Wildman–Crippen LogP) is 2.41. The number of hydrogen-bond acceptors (Lipinski definition) is 3. The smallest absolute Gasteiger partial charge is 0.0697 e. The maximum Gasteiger partial charge on any atom is 0.0697 e. The zero-order valence-corrected chi connectivity index (χ0v) is 11.3. The number of nitrogens with one attached hydrogen (secondary N) is 1. The maximum atomic E-state index is 9.62. The average Bonchev–Trinajstić information content (AvgIpc) is 2.44. The average molecular weight is 261 g/mol. The molecule has 0 aromatic heterocycles. The van der Waals surface area contributed by atoms with Crippen LogP contribution in [0.1, 0.15) is 43.7 Å². The zero-order valence-electron chi connectivity index (χ0n) is 11.3. The third-order valence-electron chi connectivity index (χ3n) is 4.58. The van der Waals surface area contributed by atoms with Crippen molar-refractivity contribution in [3.8, 4) is 0 Å². The highest BCUT2D eigenvalue weighted by Crippen LogP contribution is 2.42. The summed E-state index contributed by atoms with van der Waals surface area (Å²) < 4.78 is 5.95. The molecule has 0 bridgehead atoms. The van der Waals surface area contributed by atoms with Gasteiger partial charge >= 0.3 is 0 Å². The third kappa shape index (κ3) is 2.83. The Morgan fingerprint density at radius 3 is 2.74 bits per heavy atom. The molecule has 1 aliphatic heterocycles. The van der Waals surface area contributed by atoms with Crippen LogP contribution in [-0.4, -0.2) is 30.0 Å². The van der Waals surface area contributed by atoms with Gasteiger partial charge in [-0.2, -0.15) is 0 Å². The monoisotopic (exact) mass is 261 g/mol. The minimum atomic E-state index is 0.0430. The van der Waals surface area contributed by atoms with E-state index in [4.69, 9.17) is 4.74 Å². The van der Waals surface area contributed by atoms with Gasteiger partial charge in [-0.15, -0.1) is 0 Å². The molecular formula is C16H23NO2. The Kier molecular flexibility index (Phi) is 3.87. The van der Waals surface area contributed by atoms with Gasteiger partial charge in [0.05, 0.1) is 18.2 Å². The maximum absolute atomic E-state index is 9.62. The second kappa shape index (κ2) is 5.61. The fourth-order valence-electron chi connectivity index (χ4n) is 3.31. The second-order valence-electron chi connectivity index (χ2n) is 5.89. The van der Waals surface area contributed by atoms with Crippen LogP contribution >= 0.6 is 0 Å². The van der Waals surface area contributed by atoms with Crippen LogP contribution in [-0.2, 0) is 4.74 Å². The molecule has 19 heavy (non-hydrogen) atoms. The van der Waals surface area contributed by atoms with Crippen molar-refractivity contribution in [2.45, 2.75) is 49.8 Å². The molecule has 1 heterocycles. The number of benzene rings is 1. The summed E-state index contributed by atoms with van der Waals surface area (Å²) in [7, 11) is 0. The standard InChI is InChI=1S/C16H23NO2/c18-12-15(13-5-2-1-3-6-13)17-14-7-10-19-16(11-14)8-4-9-16/h1-3,5-6,14-15,17-18H,4,7-12H2. The van der Waals surface area contributed by atoms with Crippen molar-refractivity contribution < 1.29 is 9.84 Å². The van der Waals surface area contributed by atoms with Gasteiger partial charge in [0, 0.05) is 12.6 Å². The summed E-state index contributed by atoms with van der Waals surface area (Å²) in [6, 6.07) is 10.7. The largest absolute Gasteiger partial charge is 0.394 e. The number of ether oxygens (including phenoxy) is 1. The second-order valence-corrected chi connectivity index (χ2v) is 5.89. The van der Waals surface area contributed by atoms with Crippen LogP contribution in [0.3, 0.4) is 0 Å². The van der Waals surface area contributed by atoms with E-state index in [1.165, 1.54) is 24.8 Å². The van der Waals surface area contributed by atoms with E-state index in [2.05, 4.69) is 17.4 Å². The summed E-state index contributed by atoms with van der Waals surface area (Å²) in [5.74, 6) is 0. The Morgan fingerprint density at radius 2 is 2.11 bits per heavy atom. The number of hydrogen-bond donors (Lipinski definition) is 2. The van der Waals surface area contributed by atoms with Gasteiger partial charge in [-0.1, -0.05) is 30.3 Å². The molecule has 1 aromatic carbocycles. The molecular weight excluding hydrogens is 238 g/mol. The van der Waals surface area contributed by atoms with E-state index in [0.717, 1.165) is 19.4 Å². The van der Waals surface area contributed by atoms with Crippen LogP contribution in [0.4, 0.5) is 0 Å². The summed E-state index contributed by atoms with van der Waals surface area (Å²) in [4.78, 5) is 0. The zero-order chi connectivity index (χ0) is 13.1. The van der Waals surface area contributed by atoms with Gasteiger partial charge in [0.15, 0.2) is 0 Å². The van der Waals surface area contributed by atoms with Crippen LogP contribution in [0.2, 0.25) is 0 Å². The first-order valence-corrected chi connectivity index (χ1v) is 7.37. The van der Waals surface area contributed by atoms with E-state index in [9.17, 15) is 5.11 Å². The fourth-order valence-corrected chi connectivity index (χ4v) is 3.31. The van der Waals surface area contributed by atoms with E-state index in [1.807, 2.05) is 18.2 Å². The molecule has 104 valence electrons. The van der Waals surface area contributed by atoms with E-state index < -0.39 is 0 Å². The van der Waals surface area contributed by atoms with Crippen LogP contribution in [0.15, 0.2) is 30.3 Å². The van der Waals surface area contributed by atoms with Gasteiger partial charge in [-0.25, -0.2) is 0 Å².